The molecule has 0 atom stereocenters. The van der Waals surface area contributed by atoms with Gasteiger partial charge in [0.05, 0.1) is 20.4 Å². The van der Waals surface area contributed by atoms with E-state index in [9.17, 15) is 18.0 Å². The third kappa shape index (κ3) is 10.9. The quantitative estimate of drug-likeness (QED) is 0.446. The molecule has 0 saturated heterocycles. The summed E-state index contributed by atoms with van der Waals surface area (Å²) in [4.78, 5) is 37.1. The van der Waals surface area contributed by atoms with Crippen LogP contribution in [0.5, 0.6) is 0 Å². The molecular formula is C17H16BrF3N4O4S2. The van der Waals surface area contributed by atoms with Crippen molar-refractivity contribution in [3.05, 3.63) is 45.4 Å². The Hall–Kier alpha value is -2.45. The first-order valence-corrected chi connectivity index (χ1v) is 10.6. The molecule has 0 aliphatic heterocycles. The molecule has 8 nitrogen and oxygen atoms in total. The van der Waals surface area contributed by atoms with Crippen molar-refractivity contribution in [2.24, 2.45) is 0 Å². The van der Waals surface area contributed by atoms with Gasteiger partial charge < -0.3 is 9.84 Å². The Bertz CT molecular complexity index is 962. The minimum absolute atomic E-state index is 0.372. The molecular weight excluding hydrogens is 525 g/mol. The van der Waals surface area contributed by atoms with E-state index in [1.165, 1.54) is 17.7 Å². The van der Waals surface area contributed by atoms with Gasteiger partial charge in [-0.2, -0.15) is 13.2 Å². The van der Waals surface area contributed by atoms with Crippen molar-refractivity contribution in [1.29, 1.82) is 0 Å². The van der Waals surface area contributed by atoms with Gasteiger partial charge in [0, 0.05) is 24.2 Å². The largest absolute Gasteiger partial charge is 0.490 e. The summed E-state index contributed by atoms with van der Waals surface area (Å²) in [5.41, 5.74) is 2.35. The molecule has 14 heteroatoms. The standard InChI is InChI=1S/C8H10BrNO2S.C7H5N3S.C2HF3O2/c1-8(2,3)12-7(11)6-10-4-5(9)13-6;1-6(2-9-4-8-1)7-3-10-5-11-7;3-2(4,5)1(6)7/h4H,1-3H3;1-5H;(H,6,7). The Labute approximate surface area is 191 Å². The second-order valence-corrected chi connectivity index (χ2v) is 9.56. The number of nitrogens with zero attached hydrogens (tertiary/aromatic N) is 4. The number of aromatic nitrogens is 4. The highest BCUT2D eigenvalue weighted by Gasteiger charge is 2.38. The number of rotatable bonds is 2. The van der Waals surface area contributed by atoms with Gasteiger partial charge in [-0.05, 0) is 36.7 Å². The first-order chi connectivity index (χ1) is 14.3. The summed E-state index contributed by atoms with van der Waals surface area (Å²) in [6.07, 6.45) is 3.39. The lowest BCUT2D eigenvalue weighted by Gasteiger charge is -2.18. The number of carboxylic acids is 1. The van der Waals surface area contributed by atoms with Crippen LogP contribution in [0.1, 0.15) is 30.6 Å². The molecule has 0 bridgehead atoms. The van der Waals surface area contributed by atoms with Gasteiger partial charge in [-0.25, -0.2) is 24.5 Å². The molecule has 0 unspecified atom stereocenters. The fourth-order valence-corrected chi connectivity index (χ4v) is 3.14. The molecule has 0 aliphatic carbocycles. The minimum atomic E-state index is -5.08. The zero-order valence-corrected chi connectivity index (χ0v) is 19.5. The number of aliphatic carboxylic acids is 1. The lowest BCUT2D eigenvalue weighted by atomic mass is 10.2. The summed E-state index contributed by atoms with van der Waals surface area (Å²) in [5.74, 6) is -3.13. The summed E-state index contributed by atoms with van der Waals surface area (Å²) >= 11 is 6.08. The molecule has 0 aliphatic rings. The van der Waals surface area contributed by atoms with E-state index in [0.29, 0.717) is 5.01 Å². The van der Waals surface area contributed by atoms with Gasteiger partial charge in [-0.1, -0.05) is 0 Å². The number of hydrogen-bond acceptors (Lipinski definition) is 9. The molecule has 0 fully saturated rings. The van der Waals surface area contributed by atoms with Gasteiger partial charge in [-0.3, -0.25) is 4.98 Å². The highest BCUT2D eigenvalue weighted by atomic mass is 79.9. The summed E-state index contributed by atoms with van der Waals surface area (Å²) in [5, 5.41) is 7.50. The zero-order chi connectivity index (χ0) is 23.7. The maximum Gasteiger partial charge on any atom is 0.490 e. The molecule has 0 radical (unpaired) electrons. The van der Waals surface area contributed by atoms with E-state index in [-0.39, 0.29) is 5.97 Å². The van der Waals surface area contributed by atoms with E-state index >= 15 is 0 Å². The minimum Gasteiger partial charge on any atom is -0.475 e. The molecule has 3 rings (SSSR count). The van der Waals surface area contributed by atoms with Crippen molar-refractivity contribution in [1.82, 2.24) is 19.9 Å². The molecule has 1 N–H and O–H groups in total. The number of esters is 1. The Morgan fingerprint density at radius 1 is 1.06 bits per heavy atom. The molecule has 31 heavy (non-hydrogen) atoms. The number of carbonyl (C=O) groups excluding carboxylic acids is 1. The topological polar surface area (TPSA) is 115 Å². The van der Waals surface area contributed by atoms with Crippen molar-refractivity contribution < 1.29 is 32.6 Å². The second kappa shape index (κ2) is 11.8. The highest BCUT2D eigenvalue weighted by Crippen LogP contribution is 2.21. The van der Waals surface area contributed by atoms with Crippen molar-refractivity contribution >= 4 is 50.5 Å². The van der Waals surface area contributed by atoms with Crippen molar-refractivity contribution in [2.45, 2.75) is 32.5 Å². The second-order valence-electron chi connectivity index (χ2n) is 6.27. The van der Waals surface area contributed by atoms with Gasteiger partial charge in [-0.15, -0.1) is 22.7 Å². The van der Waals surface area contributed by atoms with Gasteiger partial charge in [0.15, 0.2) is 0 Å². The van der Waals surface area contributed by atoms with Crippen LogP contribution in [0.15, 0.2) is 40.4 Å². The predicted molar refractivity (Wildman–Crippen MR) is 112 cm³/mol. The zero-order valence-electron chi connectivity index (χ0n) is 16.3. The van der Waals surface area contributed by atoms with Crippen LogP contribution in [-0.2, 0) is 9.53 Å². The number of alkyl halides is 3. The predicted octanol–water partition coefficient (Wildman–Crippen LogP) is 5.09. The first-order valence-electron chi connectivity index (χ1n) is 8.08. The number of halogens is 4. The lowest BCUT2D eigenvalue weighted by Crippen LogP contribution is -2.23. The van der Waals surface area contributed by atoms with E-state index in [1.807, 2.05) is 27.0 Å². The van der Waals surface area contributed by atoms with Gasteiger partial charge in [0.1, 0.15) is 11.9 Å². The lowest BCUT2D eigenvalue weighted by molar-refractivity contribution is -0.192. The van der Waals surface area contributed by atoms with Crippen LogP contribution in [0.2, 0.25) is 0 Å². The van der Waals surface area contributed by atoms with Gasteiger partial charge in [0.25, 0.3) is 0 Å². The maximum atomic E-state index is 11.4. The average Bonchev–Trinajstić information content (AvgIpc) is 3.33. The Kier molecular flexibility index (Phi) is 10.1. The van der Waals surface area contributed by atoms with Gasteiger partial charge in [0.2, 0.25) is 5.01 Å². The summed E-state index contributed by atoms with van der Waals surface area (Å²) < 4.78 is 37.7. The van der Waals surface area contributed by atoms with Crippen LogP contribution in [0.25, 0.3) is 10.4 Å². The molecule has 3 heterocycles. The van der Waals surface area contributed by atoms with Crippen LogP contribution in [0.4, 0.5) is 13.2 Å². The van der Waals surface area contributed by atoms with E-state index in [2.05, 4.69) is 35.9 Å². The fraction of sp³-hybridized carbons (Fsp3) is 0.294. The molecule has 168 valence electrons. The summed E-state index contributed by atoms with van der Waals surface area (Å²) in [6.45, 7) is 5.48. The molecule has 0 amide bonds. The van der Waals surface area contributed by atoms with E-state index < -0.39 is 17.7 Å². The molecule has 0 spiro atoms. The van der Waals surface area contributed by atoms with E-state index in [1.54, 1.807) is 35.4 Å². The normalized spacial score (nSPS) is 10.8. The number of thiazole rings is 2. The van der Waals surface area contributed by atoms with Crippen LogP contribution in [0, 0.1) is 0 Å². The van der Waals surface area contributed by atoms with Crippen molar-refractivity contribution in [3.63, 3.8) is 0 Å². The molecule has 0 aromatic carbocycles. The van der Waals surface area contributed by atoms with Crippen molar-refractivity contribution in [3.8, 4) is 10.4 Å². The number of carbonyl (C=O) groups is 2. The van der Waals surface area contributed by atoms with Crippen LogP contribution in [-0.4, -0.2) is 48.8 Å². The SMILES string of the molecule is CC(C)(C)OC(=O)c1ncc(Br)s1.O=C(O)C(F)(F)F.c1ncc(-c2cncs2)cn1. The monoisotopic (exact) mass is 540 g/mol. The number of carboxylic acid groups (broad SMARTS) is 1. The maximum absolute atomic E-state index is 11.4. The number of ether oxygens (including phenoxy) is 1. The van der Waals surface area contributed by atoms with Gasteiger partial charge >= 0.3 is 18.1 Å². The van der Waals surface area contributed by atoms with Crippen LogP contribution < -0.4 is 0 Å². The molecule has 3 aromatic rings. The molecule has 0 saturated carbocycles. The highest BCUT2D eigenvalue weighted by molar-refractivity contribution is 9.11. The first kappa shape index (κ1) is 26.6. The Morgan fingerprint density at radius 2 is 1.65 bits per heavy atom. The third-order valence-corrected chi connectivity index (χ3v) is 4.85. The Morgan fingerprint density at radius 3 is 2.03 bits per heavy atom. The summed E-state index contributed by atoms with van der Waals surface area (Å²) in [7, 11) is 0. The Balaban J connectivity index is 0.000000244. The average molecular weight is 541 g/mol. The molecule has 3 aromatic heterocycles. The number of hydrogen-bond donors (Lipinski definition) is 1. The van der Waals surface area contributed by atoms with E-state index in [4.69, 9.17) is 14.6 Å². The third-order valence-electron chi connectivity index (χ3n) is 2.57. The van der Waals surface area contributed by atoms with Crippen molar-refractivity contribution in [2.75, 3.05) is 0 Å². The summed E-state index contributed by atoms with van der Waals surface area (Å²) in [6, 6.07) is 0. The smallest absolute Gasteiger partial charge is 0.475 e. The van der Waals surface area contributed by atoms with Crippen LogP contribution in [0.3, 0.4) is 0 Å². The fourth-order valence-electron chi connectivity index (χ4n) is 1.46. The van der Waals surface area contributed by atoms with E-state index in [0.717, 1.165) is 14.2 Å². The van der Waals surface area contributed by atoms with Crippen LogP contribution >= 0.6 is 38.6 Å².